The van der Waals surface area contributed by atoms with Crippen LogP contribution in [0.4, 0.5) is 0 Å². The molecule has 3 rings (SSSR count). The van der Waals surface area contributed by atoms with Crippen molar-refractivity contribution in [2.75, 3.05) is 13.6 Å². The normalized spacial score (nSPS) is 22.2. The van der Waals surface area contributed by atoms with E-state index in [1.54, 1.807) is 11.1 Å². The van der Waals surface area contributed by atoms with Crippen LogP contribution in [0.3, 0.4) is 0 Å². The summed E-state index contributed by atoms with van der Waals surface area (Å²) >= 11 is 0. The van der Waals surface area contributed by atoms with Crippen molar-refractivity contribution in [1.29, 1.82) is 0 Å². The highest BCUT2D eigenvalue weighted by Gasteiger charge is 2.32. The Hall–Kier alpha value is -1.34. The first-order chi connectivity index (χ1) is 8.36. The van der Waals surface area contributed by atoms with Crippen molar-refractivity contribution >= 4 is 10.8 Å². The summed E-state index contributed by atoms with van der Waals surface area (Å²) in [6.45, 7) is 3.38. The first-order valence-corrected chi connectivity index (χ1v) is 6.53. The lowest BCUT2D eigenvalue weighted by Gasteiger charge is -2.19. The van der Waals surface area contributed by atoms with E-state index in [0.717, 1.165) is 6.54 Å². The minimum absolute atomic E-state index is 0.645. The lowest BCUT2D eigenvalue weighted by molar-refractivity contribution is 0.522. The summed E-state index contributed by atoms with van der Waals surface area (Å²) in [5, 5.41) is 6.27. The molecular formula is C16H19N. The van der Waals surface area contributed by atoms with Gasteiger partial charge in [-0.25, -0.2) is 0 Å². The van der Waals surface area contributed by atoms with Gasteiger partial charge in [-0.1, -0.05) is 43.3 Å². The zero-order chi connectivity index (χ0) is 11.8. The van der Waals surface area contributed by atoms with Crippen LogP contribution in [0, 0.1) is 0 Å². The molecule has 2 unspecified atom stereocenters. The summed E-state index contributed by atoms with van der Waals surface area (Å²) in [6, 6.07) is 13.5. The van der Waals surface area contributed by atoms with Gasteiger partial charge in [-0.05, 0) is 41.3 Å². The molecule has 1 aliphatic carbocycles. The molecule has 0 saturated heterocycles. The molecule has 0 fully saturated rings. The molecule has 0 radical (unpaired) electrons. The van der Waals surface area contributed by atoms with Crippen molar-refractivity contribution in [1.82, 2.24) is 5.32 Å². The molecular weight excluding hydrogens is 206 g/mol. The average Bonchev–Trinajstić information content (AvgIpc) is 2.67. The van der Waals surface area contributed by atoms with Crippen LogP contribution in [0.2, 0.25) is 0 Å². The quantitative estimate of drug-likeness (QED) is 0.840. The molecule has 2 aromatic carbocycles. The molecule has 0 heterocycles. The largest absolute Gasteiger partial charge is 0.319 e. The van der Waals surface area contributed by atoms with Crippen LogP contribution in [0.1, 0.15) is 36.3 Å². The third kappa shape index (κ3) is 1.49. The van der Waals surface area contributed by atoms with Crippen LogP contribution in [0.25, 0.3) is 10.8 Å². The van der Waals surface area contributed by atoms with Crippen LogP contribution < -0.4 is 5.32 Å². The summed E-state index contributed by atoms with van der Waals surface area (Å²) in [5.74, 6) is 1.33. The van der Waals surface area contributed by atoms with Gasteiger partial charge in [0.05, 0.1) is 0 Å². The molecule has 1 nitrogen and oxygen atoms in total. The molecule has 0 bridgehead atoms. The molecule has 2 aromatic rings. The monoisotopic (exact) mass is 225 g/mol. The molecule has 1 aliphatic rings. The minimum atomic E-state index is 0.645. The van der Waals surface area contributed by atoms with E-state index < -0.39 is 0 Å². The van der Waals surface area contributed by atoms with E-state index >= 15 is 0 Å². The van der Waals surface area contributed by atoms with Gasteiger partial charge in [0.25, 0.3) is 0 Å². The van der Waals surface area contributed by atoms with E-state index in [9.17, 15) is 0 Å². The van der Waals surface area contributed by atoms with Crippen LogP contribution in [0.15, 0.2) is 36.4 Å². The predicted octanol–water partition coefficient (Wildman–Crippen LogP) is 3.65. The van der Waals surface area contributed by atoms with E-state index in [1.807, 2.05) is 0 Å². The van der Waals surface area contributed by atoms with Crippen LogP contribution in [-0.4, -0.2) is 13.6 Å². The number of hydrogen-bond acceptors (Lipinski definition) is 1. The van der Waals surface area contributed by atoms with Gasteiger partial charge < -0.3 is 5.32 Å². The molecule has 1 heteroatoms. The average molecular weight is 225 g/mol. The standard InChI is InChI=1S/C16H19N/c1-3-12-13-8-4-6-11-7-5-9-14(16(11)13)15(12)10-17-2/h4-9,12,15,17H,3,10H2,1-2H3. The maximum Gasteiger partial charge on any atom is 0.00384 e. The van der Waals surface area contributed by atoms with Crippen molar-refractivity contribution in [3.05, 3.63) is 47.5 Å². The first-order valence-electron chi connectivity index (χ1n) is 6.53. The van der Waals surface area contributed by atoms with Crippen molar-refractivity contribution in [2.24, 2.45) is 0 Å². The third-order valence-electron chi connectivity index (χ3n) is 4.12. The van der Waals surface area contributed by atoms with E-state index in [4.69, 9.17) is 0 Å². The highest BCUT2D eigenvalue weighted by molar-refractivity contribution is 5.92. The van der Waals surface area contributed by atoms with E-state index in [2.05, 4.69) is 55.7 Å². The SMILES string of the molecule is CCC1c2cccc3cccc(c23)C1CNC. The third-order valence-corrected chi connectivity index (χ3v) is 4.12. The molecule has 0 amide bonds. The van der Waals surface area contributed by atoms with Crippen molar-refractivity contribution in [3.63, 3.8) is 0 Å². The molecule has 2 atom stereocenters. The van der Waals surface area contributed by atoms with Gasteiger partial charge >= 0.3 is 0 Å². The lowest BCUT2D eigenvalue weighted by atomic mass is 9.88. The Labute approximate surface area is 103 Å². The van der Waals surface area contributed by atoms with Gasteiger partial charge in [-0.3, -0.25) is 0 Å². The molecule has 0 aliphatic heterocycles. The van der Waals surface area contributed by atoms with Crippen LogP contribution in [0.5, 0.6) is 0 Å². The van der Waals surface area contributed by atoms with E-state index in [1.165, 1.54) is 17.2 Å². The van der Waals surface area contributed by atoms with E-state index in [0.29, 0.717) is 11.8 Å². The fourth-order valence-electron chi connectivity index (χ4n) is 3.43. The maximum atomic E-state index is 3.35. The summed E-state index contributed by atoms with van der Waals surface area (Å²) in [5.41, 5.74) is 3.10. The Morgan fingerprint density at radius 2 is 1.65 bits per heavy atom. The number of likely N-dealkylation sites (N-methyl/N-ethyl adjacent to an activating group) is 1. The Kier molecular flexibility index (Phi) is 2.64. The molecule has 0 aromatic heterocycles. The van der Waals surface area contributed by atoms with Crippen LogP contribution in [-0.2, 0) is 0 Å². The zero-order valence-electron chi connectivity index (χ0n) is 10.5. The fourth-order valence-corrected chi connectivity index (χ4v) is 3.43. The molecule has 0 spiro atoms. The van der Waals surface area contributed by atoms with Gasteiger partial charge in [0.2, 0.25) is 0 Å². The molecule has 88 valence electrons. The van der Waals surface area contributed by atoms with Crippen molar-refractivity contribution in [3.8, 4) is 0 Å². The van der Waals surface area contributed by atoms with Crippen molar-refractivity contribution in [2.45, 2.75) is 25.2 Å². The van der Waals surface area contributed by atoms with Gasteiger partial charge in [-0.15, -0.1) is 0 Å². The summed E-state index contributed by atoms with van der Waals surface area (Å²) < 4.78 is 0. The predicted molar refractivity (Wildman–Crippen MR) is 73.6 cm³/mol. The van der Waals surface area contributed by atoms with Gasteiger partial charge in [0, 0.05) is 12.5 Å². The lowest BCUT2D eigenvalue weighted by Crippen LogP contribution is -2.19. The molecule has 1 N–H and O–H groups in total. The number of hydrogen-bond donors (Lipinski definition) is 1. The number of rotatable bonds is 3. The fraction of sp³-hybridized carbons (Fsp3) is 0.375. The Bertz CT molecular complexity index is 539. The van der Waals surface area contributed by atoms with Crippen molar-refractivity contribution < 1.29 is 0 Å². The second-order valence-corrected chi connectivity index (χ2v) is 4.97. The highest BCUT2D eigenvalue weighted by atomic mass is 14.8. The highest BCUT2D eigenvalue weighted by Crippen LogP contribution is 2.47. The summed E-state index contributed by atoms with van der Waals surface area (Å²) in [6.07, 6.45) is 1.22. The Morgan fingerprint density at radius 3 is 2.24 bits per heavy atom. The molecule has 17 heavy (non-hydrogen) atoms. The van der Waals surface area contributed by atoms with Gasteiger partial charge in [0.15, 0.2) is 0 Å². The Morgan fingerprint density at radius 1 is 1.00 bits per heavy atom. The van der Waals surface area contributed by atoms with Gasteiger partial charge in [-0.2, -0.15) is 0 Å². The van der Waals surface area contributed by atoms with E-state index in [-0.39, 0.29) is 0 Å². The summed E-state index contributed by atoms with van der Waals surface area (Å²) in [4.78, 5) is 0. The van der Waals surface area contributed by atoms with Crippen LogP contribution >= 0.6 is 0 Å². The summed E-state index contributed by atoms with van der Waals surface area (Å²) in [7, 11) is 2.05. The maximum absolute atomic E-state index is 3.35. The molecule has 0 saturated carbocycles. The number of nitrogens with one attached hydrogen (secondary N) is 1. The smallest absolute Gasteiger partial charge is 0.00384 e. The first kappa shape index (κ1) is 10.8. The zero-order valence-corrected chi connectivity index (χ0v) is 10.5. The second-order valence-electron chi connectivity index (χ2n) is 4.97. The number of benzene rings is 2. The van der Waals surface area contributed by atoms with Gasteiger partial charge in [0.1, 0.15) is 0 Å². The second kappa shape index (κ2) is 4.15. The minimum Gasteiger partial charge on any atom is -0.319 e. The Balaban J connectivity index is 2.24. The topological polar surface area (TPSA) is 12.0 Å².